The van der Waals surface area contributed by atoms with Crippen LogP contribution in [0.1, 0.15) is 36.9 Å². The van der Waals surface area contributed by atoms with Crippen LogP contribution in [0.25, 0.3) is 5.57 Å². The predicted molar refractivity (Wildman–Crippen MR) is 71.4 cm³/mol. The second kappa shape index (κ2) is 4.98. The Labute approximate surface area is 117 Å². The lowest BCUT2D eigenvalue weighted by Gasteiger charge is -2.33. The summed E-state index contributed by atoms with van der Waals surface area (Å²) in [5.41, 5.74) is -0.0367. The third-order valence-electron chi connectivity index (χ3n) is 3.90. The van der Waals surface area contributed by atoms with Crippen molar-refractivity contribution < 1.29 is 17.4 Å². The van der Waals surface area contributed by atoms with E-state index in [-0.39, 0.29) is 16.1 Å². The fourth-order valence-corrected chi connectivity index (χ4v) is 4.92. The summed E-state index contributed by atoms with van der Waals surface area (Å²) in [6, 6.07) is 2.98. The van der Waals surface area contributed by atoms with E-state index in [4.69, 9.17) is 0 Å². The molecule has 1 aromatic rings. The monoisotopic (exact) mass is 301 g/mol. The van der Waals surface area contributed by atoms with Gasteiger partial charge in [-0.2, -0.15) is 13.2 Å². The molecule has 1 saturated heterocycles. The number of alkyl halides is 3. The van der Waals surface area contributed by atoms with Crippen LogP contribution >= 0.6 is 0 Å². The molecule has 0 aromatic carbocycles. The number of aromatic nitrogens is 1. The zero-order valence-electron chi connectivity index (χ0n) is 10.7. The van der Waals surface area contributed by atoms with Crippen LogP contribution in [0.15, 0.2) is 24.4 Å². The van der Waals surface area contributed by atoms with E-state index in [9.17, 15) is 17.4 Å². The number of allylic oxidation sites excluding steroid dienone is 1. The van der Waals surface area contributed by atoms with Gasteiger partial charge in [0.25, 0.3) is 0 Å². The van der Waals surface area contributed by atoms with Gasteiger partial charge in [0.2, 0.25) is 0 Å². The topological polar surface area (TPSA) is 30.0 Å². The highest BCUT2D eigenvalue weighted by Crippen LogP contribution is 2.40. The lowest BCUT2D eigenvalue weighted by molar-refractivity contribution is -0.141. The molecular formula is C14H14F3NOS. The highest BCUT2D eigenvalue weighted by atomic mass is 32.2. The van der Waals surface area contributed by atoms with Crippen molar-refractivity contribution in [2.45, 2.75) is 42.4 Å². The second-order valence-corrected chi connectivity index (χ2v) is 7.14. The van der Waals surface area contributed by atoms with E-state index in [1.54, 1.807) is 6.08 Å². The summed E-state index contributed by atoms with van der Waals surface area (Å²) in [4.78, 5) is 3.50. The van der Waals surface area contributed by atoms with Gasteiger partial charge in [0.15, 0.2) is 5.69 Å². The molecule has 2 nitrogen and oxygen atoms in total. The Kier molecular flexibility index (Phi) is 3.44. The number of hydrogen-bond donors (Lipinski definition) is 0. The Morgan fingerprint density at radius 3 is 2.80 bits per heavy atom. The number of hydrogen-bond acceptors (Lipinski definition) is 2. The molecular weight excluding hydrogens is 287 g/mol. The van der Waals surface area contributed by atoms with Crippen LogP contribution in [-0.4, -0.2) is 19.7 Å². The van der Waals surface area contributed by atoms with Gasteiger partial charge in [0, 0.05) is 27.8 Å². The molecule has 2 bridgehead atoms. The standard InChI is InChI=1S/C14H14F3NOS/c15-14(16,17)13-12(5-2-6-18-13)9-7-10-3-1-4-11(8-9)20(10)19/h2,5-7,10-11H,1,3-4,8H2. The normalized spacial score (nSPS) is 29.9. The largest absolute Gasteiger partial charge is 0.433 e. The molecule has 0 amide bonds. The van der Waals surface area contributed by atoms with Crippen LogP contribution in [0.2, 0.25) is 0 Å². The summed E-state index contributed by atoms with van der Waals surface area (Å²) in [6.45, 7) is 0. The van der Waals surface area contributed by atoms with E-state index in [2.05, 4.69) is 4.98 Å². The average Bonchev–Trinajstić information content (AvgIpc) is 2.37. The first-order valence-electron chi connectivity index (χ1n) is 6.59. The first kappa shape index (κ1) is 13.8. The Morgan fingerprint density at radius 1 is 1.30 bits per heavy atom. The molecule has 1 aromatic heterocycles. The van der Waals surface area contributed by atoms with Gasteiger partial charge in [-0.25, -0.2) is 0 Å². The van der Waals surface area contributed by atoms with Gasteiger partial charge < -0.3 is 0 Å². The van der Waals surface area contributed by atoms with E-state index in [1.165, 1.54) is 12.1 Å². The molecule has 0 N–H and O–H groups in total. The number of fused-ring (bicyclic) bond motifs is 2. The van der Waals surface area contributed by atoms with Gasteiger partial charge in [-0.3, -0.25) is 9.19 Å². The third-order valence-corrected chi connectivity index (χ3v) is 5.93. The molecule has 3 unspecified atom stereocenters. The van der Waals surface area contributed by atoms with Crippen molar-refractivity contribution in [2.75, 3.05) is 0 Å². The molecule has 0 aliphatic carbocycles. The van der Waals surface area contributed by atoms with E-state index in [0.717, 1.165) is 25.5 Å². The minimum Gasteiger partial charge on any atom is -0.259 e. The Hall–Kier alpha value is -1.17. The van der Waals surface area contributed by atoms with E-state index >= 15 is 0 Å². The first-order valence-corrected chi connectivity index (χ1v) is 7.87. The number of halogens is 3. The van der Waals surface area contributed by atoms with Crippen molar-refractivity contribution in [3.05, 3.63) is 35.7 Å². The van der Waals surface area contributed by atoms with E-state index in [1.807, 2.05) is 0 Å². The van der Waals surface area contributed by atoms with Crippen LogP contribution in [0, 0.1) is 0 Å². The van der Waals surface area contributed by atoms with Gasteiger partial charge in [-0.05, 0) is 30.9 Å². The smallest absolute Gasteiger partial charge is 0.259 e. The van der Waals surface area contributed by atoms with Gasteiger partial charge in [-0.1, -0.05) is 18.6 Å². The molecule has 3 heterocycles. The summed E-state index contributed by atoms with van der Waals surface area (Å²) >= 11 is 0. The van der Waals surface area contributed by atoms with Crippen molar-refractivity contribution in [3.8, 4) is 0 Å². The minimum absolute atomic E-state index is 0.00459. The summed E-state index contributed by atoms with van der Waals surface area (Å²) in [5, 5.41) is -0.103. The third kappa shape index (κ3) is 2.41. The zero-order chi connectivity index (χ0) is 14.3. The van der Waals surface area contributed by atoms with Crippen molar-refractivity contribution in [1.29, 1.82) is 0 Å². The van der Waals surface area contributed by atoms with Crippen LogP contribution in [0.4, 0.5) is 13.2 Å². The molecule has 0 spiro atoms. The van der Waals surface area contributed by atoms with Crippen LogP contribution in [0.3, 0.4) is 0 Å². The maximum Gasteiger partial charge on any atom is 0.433 e. The van der Waals surface area contributed by atoms with Crippen LogP contribution in [0.5, 0.6) is 0 Å². The van der Waals surface area contributed by atoms with Gasteiger partial charge in [-0.15, -0.1) is 0 Å². The van der Waals surface area contributed by atoms with Gasteiger partial charge in [0.05, 0.1) is 5.25 Å². The van der Waals surface area contributed by atoms with Gasteiger partial charge in [0.1, 0.15) is 0 Å². The average molecular weight is 301 g/mol. The molecule has 0 saturated carbocycles. The fraction of sp³-hybridized carbons (Fsp3) is 0.500. The fourth-order valence-electron chi connectivity index (χ4n) is 2.99. The van der Waals surface area contributed by atoms with Crippen molar-refractivity contribution in [1.82, 2.24) is 4.98 Å². The SMILES string of the molecule is O=S1C2C=C(c3cccnc3C(F)(F)F)CC1CCC2. The Morgan fingerprint density at radius 2 is 2.10 bits per heavy atom. The maximum atomic E-state index is 13.0. The van der Waals surface area contributed by atoms with Gasteiger partial charge >= 0.3 is 6.18 Å². The summed E-state index contributed by atoms with van der Waals surface area (Å²) in [7, 11) is -0.936. The molecule has 6 heteroatoms. The molecule has 1 fully saturated rings. The quantitative estimate of drug-likeness (QED) is 0.794. The summed E-state index contributed by atoms with van der Waals surface area (Å²) in [5.74, 6) is 0. The molecule has 3 atom stereocenters. The summed E-state index contributed by atoms with van der Waals surface area (Å²) in [6.07, 6.45) is 1.58. The van der Waals surface area contributed by atoms with Crippen LogP contribution in [-0.2, 0) is 17.0 Å². The first-order chi connectivity index (χ1) is 9.47. The number of pyridine rings is 1. The predicted octanol–water partition coefficient (Wildman–Crippen LogP) is 3.56. The Balaban J connectivity index is 2.04. The highest BCUT2D eigenvalue weighted by molar-refractivity contribution is 7.86. The number of rotatable bonds is 1. The molecule has 0 radical (unpaired) electrons. The van der Waals surface area contributed by atoms with E-state index in [0.29, 0.717) is 12.0 Å². The van der Waals surface area contributed by atoms with Crippen molar-refractivity contribution in [2.24, 2.45) is 0 Å². The second-order valence-electron chi connectivity index (χ2n) is 5.21. The Bertz CT molecular complexity index is 582. The molecule has 108 valence electrons. The maximum absolute atomic E-state index is 13.0. The minimum atomic E-state index is -4.46. The summed E-state index contributed by atoms with van der Waals surface area (Å²) < 4.78 is 51.2. The lowest BCUT2D eigenvalue weighted by Crippen LogP contribution is -2.34. The van der Waals surface area contributed by atoms with Crippen LogP contribution < -0.4 is 0 Å². The van der Waals surface area contributed by atoms with Crippen molar-refractivity contribution in [3.63, 3.8) is 0 Å². The zero-order valence-corrected chi connectivity index (χ0v) is 11.5. The molecule has 2 aliphatic rings. The lowest BCUT2D eigenvalue weighted by atomic mass is 9.92. The number of nitrogens with zero attached hydrogens (tertiary/aromatic N) is 1. The molecule has 20 heavy (non-hydrogen) atoms. The molecule has 2 aliphatic heterocycles. The van der Waals surface area contributed by atoms with E-state index < -0.39 is 22.7 Å². The van der Waals surface area contributed by atoms with Crippen molar-refractivity contribution >= 4 is 16.4 Å². The molecule has 3 rings (SSSR count). The highest BCUT2D eigenvalue weighted by Gasteiger charge is 2.39.